The average molecular weight is 339 g/mol. The molecule has 3 rings (SSSR count). The predicted molar refractivity (Wildman–Crippen MR) is 86.6 cm³/mol. The van der Waals surface area contributed by atoms with Crippen LogP contribution in [0.15, 0.2) is 30.6 Å². The third kappa shape index (κ3) is 2.97. The largest absolute Gasteiger partial charge is 0.338 e. The summed E-state index contributed by atoms with van der Waals surface area (Å²) in [6, 6.07) is 5.15. The number of halogens is 2. The Kier molecular flexibility index (Phi) is 4.38. The first-order valence-corrected chi connectivity index (χ1v) is 7.83. The molecule has 116 valence electrons. The van der Waals surface area contributed by atoms with Gasteiger partial charge in [-0.15, -0.1) is 0 Å². The SMILES string of the molecule is NCC1CCN(C(=O)c2cnn(-c3ccc(Cl)cc3Cl)c2)C1. The molecule has 1 fully saturated rings. The van der Waals surface area contributed by atoms with Crippen LogP contribution in [0.25, 0.3) is 5.69 Å². The van der Waals surface area contributed by atoms with Crippen molar-refractivity contribution >= 4 is 29.1 Å². The van der Waals surface area contributed by atoms with E-state index in [0.717, 1.165) is 13.0 Å². The Bertz CT molecular complexity index is 701. The molecule has 22 heavy (non-hydrogen) atoms. The molecule has 1 aliphatic rings. The highest BCUT2D eigenvalue weighted by Gasteiger charge is 2.26. The van der Waals surface area contributed by atoms with Crippen LogP contribution in [-0.4, -0.2) is 40.2 Å². The Morgan fingerprint density at radius 2 is 2.23 bits per heavy atom. The van der Waals surface area contributed by atoms with Crippen molar-refractivity contribution in [2.75, 3.05) is 19.6 Å². The van der Waals surface area contributed by atoms with E-state index < -0.39 is 0 Å². The van der Waals surface area contributed by atoms with Crippen LogP contribution in [0.1, 0.15) is 16.8 Å². The van der Waals surface area contributed by atoms with Gasteiger partial charge >= 0.3 is 0 Å². The summed E-state index contributed by atoms with van der Waals surface area (Å²) in [7, 11) is 0. The highest BCUT2D eigenvalue weighted by atomic mass is 35.5. The van der Waals surface area contributed by atoms with Crippen LogP contribution in [0, 0.1) is 5.92 Å². The number of carbonyl (C=O) groups excluding carboxylic acids is 1. The molecule has 5 nitrogen and oxygen atoms in total. The molecule has 1 aliphatic heterocycles. The molecule has 1 aromatic heterocycles. The summed E-state index contributed by atoms with van der Waals surface area (Å²) in [4.78, 5) is 14.3. The van der Waals surface area contributed by atoms with E-state index in [9.17, 15) is 4.79 Å². The number of rotatable bonds is 3. The molecular formula is C15H16Cl2N4O. The summed E-state index contributed by atoms with van der Waals surface area (Å²) in [6.45, 7) is 2.07. The second kappa shape index (κ2) is 6.28. The third-order valence-electron chi connectivity index (χ3n) is 3.89. The Labute approximate surface area is 138 Å². The zero-order valence-electron chi connectivity index (χ0n) is 11.9. The van der Waals surface area contributed by atoms with Gasteiger partial charge in [-0.1, -0.05) is 23.2 Å². The minimum atomic E-state index is -0.0210. The number of carbonyl (C=O) groups is 1. The Hall–Kier alpha value is -1.56. The molecule has 1 aromatic carbocycles. The first-order valence-electron chi connectivity index (χ1n) is 7.08. The maximum absolute atomic E-state index is 12.5. The van der Waals surface area contributed by atoms with Crippen LogP contribution in [-0.2, 0) is 0 Å². The lowest BCUT2D eigenvalue weighted by molar-refractivity contribution is 0.0787. The summed E-state index contributed by atoms with van der Waals surface area (Å²) in [6.07, 6.45) is 4.20. The molecular weight excluding hydrogens is 323 g/mol. The fraction of sp³-hybridized carbons (Fsp3) is 0.333. The fourth-order valence-corrected chi connectivity index (χ4v) is 3.12. The number of nitrogens with two attached hydrogens (primary N) is 1. The summed E-state index contributed by atoms with van der Waals surface area (Å²) in [5.74, 6) is 0.372. The lowest BCUT2D eigenvalue weighted by Gasteiger charge is -2.14. The lowest BCUT2D eigenvalue weighted by atomic mass is 10.1. The lowest BCUT2D eigenvalue weighted by Crippen LogP contribution is -2.29. The number of likely N-dealkylation sites (tertiary alicyclic amines) is 1. The molecule has 0 bridgehead atoms. The number of benzene rings is 1. The molecule has 2 heterocycles. The number of aromatic nitrogens is 2. The van der Waals surface area contributed by atoms with Crippen molar-refractivity contribution in [2.45, 2.75) is 6.42 Å². The summed E-state index contributed by atoms with van der Waals surface area (Å²) >= 11 is 12.1. The molecule has 2 aromatic rings. The van der Waals surface area contributed by atoms with Crippen molar-refractivity contribution in [1.29, 1.82) is 0 Å². The quantitative estimate of drug-likeness (QED) is 0.935. The van der Waals surface area contributed by atoms with Gasteiger partial charge in [-0.2, -0.15) is 5.10 Å². The van der Waals surface area contributed by atoms with E-state index in [1.165, 1.54) is 0 Å². The Balaban J connectivity index is 1.80. The first kappa shape index (κ1) is 15.3. The maximum Gasteiger partial charge on any atom is 0.257 e. The van der Waals surface area contributed by atoms with E-state index in [2.05, 4.69) is 5.10 Å². The molecule has 1 saturated heterocycles. The summed E-state index contributed by atoms with van der Waals surface area (Å²) < 4.78 is 1.59. The van der Waals surface area contributed by atoms with Crippen LogP contribution in [0.4, 0.5) is 0 Å². The topological polar surface area (TPSA) is 64.2 Å². The van der Waals surface area contributed by atoms with Gasteiger partial charge in [0.1, 0.15) is 0 Å². The molecule has 0 saturated carbocycles. The van der Waals surface area contributed by atoms with E-state index in [1.54, 1.807) is 35.3 Å². The average Bonchev–Trinajstić information content (AvgIpc) is 3.16. The van der Waals surface area contributed by atoms with E-state index in [4.69, 9.17) is 28.9 Å². The van der Waals surface area contributed by atoms with Crippen molar-refractivity contribution < 1.29 is 4.79 Å². The van der Waals surface area contributed by atoms with E-state index in [1.807, 2.05) is 4.90 Å². The molecule has 0 radical (unpaired) electrons. The van der Waals surface area contributed by atoms with E-state index in [-0.39, 0.29) is 5.91 Å². The fourth-order valence-electron chi connectivity index (χ4n) is 2.62. The van der Waals surface area contributed by atoms with Gasteiger partial charge in [-0.3, -0.25) is 4.79 Å². The number of nitrogens with zero attached hydrogens (tertiary/aromatic N) is 3. The van der Waals surface area contributed by atoms with Crippen molar-refractivity contribution in [3.8, 4) is 5.69 Å². The second-order valence-corrected chi connectivity index (χ2v) is 6.25. The van der Waals surface area contributed by atoms with Gasteiger partial charge in [0.2, 0.25) is 0 Å². The molecule has 7 heteroatoms. The Morgan fingerprint density at radius 1 is 1.41 bits per heavy atom. The molecule has 1 amide bonds. The van der Waals surface area contributed by atoms with Gasteiger partial charge < -0.3 is 10.6 Å². The zero-order valence-corrected chi connectivity index (χ0v) is 13.4. The summed E-state index contributed by atoms with van der Waals surface area (Å²) in [5.41, 5.74) is 6.90. The molecule has 2 N–H and O–H groups in total. The van der Waals surface area contributed by atoms with Crippen molar-refractivity contribution in [2.24, 2.45) is 11.7 Å². The first-order chi connectivity index (χ1) is 10.6. The van der Waals surface area contributed by atoms with Gasteiger partial charge in [0, 0.05) is 24.3 Å². The monoisotopic (exact) mass is 338 g/mol. The smallest absolute Gasteiger partial charge is 0.257 e. The normalized spacial score (nSPS) is 18.0. The van der Waals surface area contributed by atoms with Crippen molar-refractivity contribution in [3.63, 3.8) is 0 Å². The van der Waals surface area contributed by atoms with Gasteiger partial charge in [-0.25, -0.2) is 4.68 Å². The molecule has 1 unspecified atom stereocenters. The van der Waals surface area contributed by atoms with Crippen LogP contribution in [0.2, 0.25) is 10.0 Å². The molecule has 0 aliphatic carbocycles. The maximum atomic E-state index is 12.5. The number of amides is 1. The minimum absolute atomic E-state index is 0.0210. The Morgan fingerprint density at radius 3 is 2.91 bits per heavy atom. The van der Waals surface area contributed by atoms with Gasteiger partial charge in [0.05, 0.1) is 22.5 Å². The van der Waals surface area contributed by atoms with Gasteiger partial charge in [0.25, 0.3) is 5.91 Å². The predicted octanol–water partition coefficient (Wildman–Crippen LogP) is 2.60. The van der Waals surface area contributed by atoms with Gasteiger partial charge in [-0.05, 0) is 37.1 Å². The third-order valence-corrected chi connectivity index (χ3v) is 4.43. The van der Waals surface area contributed by atoms with Crippen LogP contribution in [0.5, 0.6) is 0 Å². The minimum Gasteiger partial charge on any atom is -0.338 e. The number of hydrogen-bond acceptors (Lipinski definition) is 3. The molecule has 1 atom stereocenters. The van der Waals surface area contributed by atoms with Crippen LogP contribution < -0.4 is 5.73 Å². The van der Waals surface area contributed by atoms with Crippen LogP contribution in [0.3, 0.4) is 0 Å². The van der Waals surface area contributed by atoms with Crippen molar-refractivity contribution in [1.82, 2.24) is 14.7 Å². The van der Waals surface area contributed by atoms with Crippen molar-refractivity contribution in [3.05, 3.63) is 46.2 Å². The highest BCUT2D eigenvalue weighted by molar-refractivity contribution is 6.35. The zero-order chi connectivity index (χ0) is 15.7. The second-order valence-electron chi connectivity index (χ2n) is 5.41. The number of hydrogen-bond donors (Lipinski definition) is 1. The van der Waals surface area contributed by atoms with E-state index >= 15 is 0 Å². The highest BCUT2D eigenvalue weighted by Crippen LogP contribution is 2.24. The molecule has 0 spiro atoms. The van der Waals surface area contributed by atoms with E-state index in [0.29, 0.717) is 40.3 Å². The van der Waals surface area contributed by atoms with Crippen LogP contribution >= 0.6 is 23.2 Å². The van der Waals surface area contributed by atoms with Gasteiger partial charge in [0.15, 0.2) is 0 Å². The standard InChI is InChI=1S/C15H16Cl2N4O/c16-12-1-2-14(13(17)5-12)21-9-11(7-19-21)15(22)20-4-3-10(6-18)8-20/h1-2,5,7,9-10H,3-4,6,8,18H2. The summed E-state index contributed by atoms with van der Waals surface area (Å²) in [5, 5.41) is 5.27.